The maximum Gasteiger partial charge on any atom is 0.223 e. The molecule has 158 valence electrons. The van der Waals surface area contributed by atoms with Crippen LogP contribution >= 0.6 is 11.3 Å². The molecule has 1 aliphatic heterocycles. The van der Waals surface area contributed by atoms with Crippen molar-refractivity contribution in [3.63, 3.8) is 0 Å². The highest BCUT2D eigenvalue weighted by atomic mass is 32.1. The van der Waals surface area contributed by atoms with Crippen molar-refractivity contribution in [2.45, 2.75) is 51.1 Å². The summed E-state index contributed by atoms with van der Waals surface area (Å²) in [5.41, 5.74) is 2.68. The van der Waals surface area contributed by atoms with Gasteiger partial charge in [0.2, 0.25) is 5.91 Å². The Kier molecular flexibility index (Phi) is 5.74. The fourth-order valence-electron chi connectivity index (χ4n) is 5.70. The zero-order chi connectivity index (χ0) is 20.5. The highest BCUT2D eigenvalue weighted by molar-refractivity contribution is 7.10. The summed E-state index contributed by atoms with van der Waals surface area (Å²) in [4.78, 5) is 29.5. The van der Waals surface area contributed by atoms with Gasteiger partial charge in [-0.05, 0) is 54.7 Å². The van der Waals surface area contributed by atoms with Crippen LogP contribution in [0.2, 0.25) is 0 Å². The van der Waals surface area contributed by atoms with E-state index in [1.54, 1.807) is 0 Å². The third-order valence-electron chi connectivity index (χ3n) is 7.35. The topological polar surface area (TPSA) is 49.4 Å². The molecule has 2 aromatic rings. The van der Waals surface area contributed by atoms with Crippen molar-refractivity contribution in [2.75, 3.05) is 13.1 Å². The Hall–Kier alpha value is -1.98. The van der Waals surface area contributed by atoms with Gasteiger partial charge in [0.25, 0.3) is 0 Å². The molecule has 30 heavy (non-hydrogen) atoms. The van der Waals surface area contributed by atoms with Gasteiger partial charge in [0.1, 0.15) is 5.78 Å². The van der Waals surface area contributed by atoms with Gasteiger partial charge in [-0.2, -0.15) is 0 Å². The molecule has 0 spiro atoms. The normalized spacial score (nSPS) is 27.3. The number of nitrogens with zero attached hydrogens (tertiary/aromatic N) is 1. The molecule has 1 N–H and O–H groups in total. The smallest absolute Gasteiger partial charge is 0.223 e. The minimum atomic E-state index is -0.000689. The number of nitrogens with one attached hydrogen (secondary N) is 1. The van der Waals surface area contributed by atoms with Gasteiger partial charge < -0.3 is 5.32 Å². The lowest BCUT2D eigenvalue weighted by Gasteiger charge is -2.38. The summed E-state index contributed by atoms with van der Waals surface area (Å²) in [6.45, 7) is 2.59. The average molecular weight is 423 g/mol. The Morgan fingerprint density at radius 1 is 1.13 bits per heavy atom. The second-order valence-corrected chi connectivity index (χ2v) is 10.2. The molecule has 3 aliphatic rings. The van der Waals surface area contributed by atoms with Crippen molar-refractivity contribution in [1.82, 2.24) is 10.2 Å². The van der Waals surface area contributed by atoms with Crippen molar-refractivity contribution < 1.29 is 9.59 Å². The molecule has 0 saturated heterocycles. The van der Waals surface area contributed by atoms with Crippen LogP contribution in [0.3, 0.4) is 0 Å². The fourth-order valence-corrected chi connectivity index (χ4v) is 6.59. The number of hydrogen-bond donors (Lipinski definition) is 1. The largest absolute Gasteiger partial charge is 0.354 e. The lowest BCUT2D eigenvalue weighted by atomic mass is 9.67. The van der Waals surface area contributed by atoms with Gasteiger partial charge in [-0.1, -0.05) is 36.8 Å². The number of benzene rings is 1. The first-order chi connectivity index (χ1) is 14.7. The monoisotopic (exact) mass is 422 g/mol. The van der Waals surface area contributed by atoms with Crippen LogP contribution in [-0.2, 0) is 22.6 Å². The Balaban J connectivity index is 1.27. The molecular formula is C25H30N2O2S. The van der Waals surface area contributed by atoms with E-state index in [2.05, 4.69) is 45.9 Å². The van der Waals surface area contributed by atoms with E-state index in [-0.39, 0.29) is 29.7 Å². The van der Waals surface area contributed by atoms with E-state index < -0.39 is 0 Å². The summed E-state index contributed by atoms with van der Waals surface area (Å²) < 4.78 is 0. The molecule has 2 saturated carbocycles. The first-order valence-corrected chi connectivity index (χ1v) is 12.2. The number of carbonyl (C=O) groups excluding carboxylic acids is 2. The maximum absolute atomic E-state index is 13.1. The van der Waals surface area contributed by atoms with Gasteiger partial charge >= 0.3 is 0 Å². The predicted octanol–water partition coefficient (Wildman–Crippen LogP) is 4.36. The van der Waals surface area contributed by atoms with Gasteiger partial charge in [0.15, 0.2) is 0 Å². The summed E-state index contributed by atoms with van der Waals surface area (Å²) in [5, 5.41) is 5.47. The van der Waals surface area contributed by atoms with Crippen molar-refractivity contribution in [2.24, 2.45) is 17.8 Å². The number of ketones is 1. The average Bonchev–Trinajstić information content (AvgIpc) is 3.22. The second-order valence-electron chi connectivity index (χ2n) is 9.16. The summed E-state index contributed by atoms with van der Waals surface area (Å²) in [6.07, 6.45) is 5.67. The first kappa shape index (κ1) is 20.0. The van der Waals surface area contributed by atoms with Crippen molar-refractivity contribution in [1.29, 1.82) is 0 Å². The highest BCUT2D eigenvalue weighted by Crippen LogP contribution is 2.40. The van der Waals surface area contributed by atoms with Gasteiger partial charge in [-0.15, -0.1) is 11.3 Å². The number of fused-ring (bicyclic) bond motifs is 3. The van der Waals surface area contributed by atoms with Crippen LogP contribution in [0.1, 0.15) is 54.1 Å². The Morgan fingerprint density at radius 2 is 1.90 bits per heavy atom. The Labute approximate surface area is 182 Å². The van der Waals surface area contributed by atoms with E-state index in [4.69, 9.17) is 0 Å². The molecule has 3 atom stereocenters. The zero-order valence-electron chi connectivity index (χ0n) is 17.4. The van der Waals surface area contributed by atoms with Crippen LogP contribution in [0.4, 0.5) is 0 Å². The number of amides is 1. The molecule has 4 nitrogen and oxygen atoms in total. The SMILES string of the molecule is O=C(NCC(c1ccccc1)N1CCc2sccc2C1)C1CC2CCCC(C1)C2=O. The summed E-state index contributed by atoms with van der Waals surface area (Å²) in [7, 11) is 0. The first-order valence-electron chi connectivity index (χ1n) is 11.3. The third kappa shape index (κ3) is 3.97. The number of thiophene rings is 1. The molecule has 5 heteroatoms. The molecule has 3 unspecified atom stereocenters. The van der Waals surface area contributed by atoms with Gasteiger partial charge in [-0.3, -0.25) is 14.5 Å². The molecule has 2 bridgehead atoms. The van der Waals surface area contributed by atoms with E-state index in [0.717, 1.165) is 51.6 Å². The quantitative estimate of drug-likeness (QED) is 0.779. The van der Waals surface area contributed by atoms with E-state index in [0.29, 0.717) is 12.3 Å². The standard InChI is InChI=1S/C25H30N2O2S/c28-24-18-7-4-8-19(24)14-21(13-18)25(29)26-15-22(17-5-2-1-3-6-17)27-11-9-23-20(16-27)10-12-30-23/h1-3,5-6,10,12,18-19,21-22H,4,7-9,11,13-16H2,(H,26,29). The summed E-state index contributed by atoms with van der Waals surface area (Å²) >= 11 is 1.86. The molecule has 2 fully saturated rings. The van der Waals surface area contributed by atoms with Crippen LogP contribution in [0.15, 0.2) is 41.8 Å². The van der Waals surface area contributed by atoms with E-state index in [1.165, 1.54) is 16.0 Å². The fraction of sp³-hybridized carbons (Fsp3) is 0.520. The molecule has 1 amide bonds. The van der Waals surface area contributed by atoms with E-state index in [9.17, 15) is 9.59 Å². The number of Topliss-reactive ketones (excluding diaryl/α,β-unsaturated/α-hetero) is 1. The van der Waals surface area contributed by atoms with Crippen LogP contribution < -0.4 is 5.32 Å². The van der Waals surface area contributed by atoms with Crippen LogP contribution in [0, 0.1) is 17.8 Å². The molecular weight excluding hydrogens is 392 g/mol. The molecule has 0 radical (unpaired) electrons. The Morgan fingerprint density at radius 3 is 2.67 bits per heavy atom. The van der Waals surface area contributed by atoms with E-state index in [1.807, 2.05) is 17.4 Å². The van der Waals surface area contributed by atoms with Crippen LogP contribution in [0.25, 0.3) is 0 Å². The molecule has 2 heterocycles. The van der Waals surface area contributed by atoms with E-state index >= 15 is 0 Å². The number of hydrogen-bond acceptors (Lipinski definition) is 4. The maximum atomic E-state index is 13.1. The highest BCUT2D eigenvalue weighted by Gasteiger charge is 2.41. The summed E-state index contributed by atoms with van der Waals surface area (Å²) in [6, 6.07) is 13.0. The minimum Gasteiger partial charge on any atom is -0.354 e. The molecule has 1 aromatic carbocycles. The van der Waals surface area contributed by atoms with Crippen molar-refractivity contribution in [3.05, 3.63) is 57.8 Å². The molecule has 5 rings (SSSR count). The van der Waals surface area contributed by atoms with Crippen molar-refractivity contribution >= 4 is 23.0 Å². The zero-order valence-corrected chi connectivity index (χ0v) is 18.2. The Bertz CT molecular complexity index is 893. The molecule has 1 aromatic heterocycles. The summed E-state index contributed by atoms with van der Waals surface area (Å²) in [5.74, 6) is 0.815. The van der Waals surface area contributed by atoms with Gasteiger partial charge in [0, 0.05) is 42.3 Å². The molecule has 2 aliphatic carbocycles. The second kappa shape index (κ2) is 8.64. The predicted molar refractivity (Wildman–Crippen MR) is 119 cm³/mol. The lowest BCUT2D eigenvalue weighted by molar-refractivity contribution is -0.137. The third-order valence-corrected chi connectivity index (χ3v) is 8.37. The number of rotatable bonds is 5. The minimum absolute atomic E-state index is 0.000689. The van der Waals surface area contributed by atoms with Crippen LogP contribution in [0.5, 0.6) is 0 Å². The van der Waals surface area contributed by atoms with Crippen molar-refractivity contribution in [3.8, 4) is 0 Å². The van der Waals surface area contributed by atoms with Gasteiger partial charge in [0.05, 0.1) is 6.04 Å². The van der Waals surface area contributed by atoms with Gasteiger partial charge in [-0.25, -0.2) is 0 Å². The number of carbonyl (C=O) groups is 2. The lowest BCUT2D eigenvalue weighted by Crippen LogP contribution is -2.45. The van der Waals surface area contributed by atoms with Crippen LogP contribution in [-0.4, -0.2) is 29.7 Å².